The maximum absolute atomic E-state index is 14.2. The zero-order chi connectivity index (χ0) is 16.0. The van der Waals surface area contributed by atoms with Crippen molar-refractivity contribution in [1.82, 2.24) is 9.55 Å². The average Bonchev–Trinajstić information content (AvgIpc) is 2.83. The second-order valence-electron chi connectivity index (χ2n) is 5.01. The van der Waals surface area contributed by atoms with Crippen molar-refractivity contribution in [3.05, 3.63) is 52.3 Å². The van der Waals surface area contributed by atoms with Crippen LogP contribution in [0.3, 0.4) is 0 Å². The van der Waals surface area contributed by atoms with Crippen LogP contribution in [0.25, 0.3) is 22.2 Å². The van der Waals surface area contributed by atoms with E-state index in [1.807, 2.05) is 29.9 Å². The summed E-state index contributed by atoms with van der Waals surface area (Å²) in [6, 6.07) is 7.30. The molecule has 0 saturated carbocycles. The highest BCUT2D eigenvalue weighted by Gasteiger charge is 2.22. The van der Waals surface area contributed by atoms with Crippen LogP contribution in [0.2, 0.25) is 0 Å². The fourth-order valence-corrected chi connectivity index (χ4v) is 2.94. The van der Waals surface area contributed by atoms with Gasteiger partial charge in [0, 0.05) is 29.7 Å². The number of hydrogen-bond acceptors (Lipinski definition) is 2. The number of aromatic nitrogens is 2. The number of rotatable bonds is 2. The Kier molecular flexibility index (Phi) is 3.56. The van der Waals surface area contributed by atoms with Gasteiger partial charge in [-0.3, -0.25) is 4.79 Å². The number of hydrogen-bond donors (Lipinski definition) is 0. The molecule has 0 amide bonds. The van der Waals surface area contributed by atoms with Gasteiger partial charge in [-0.15, -0.1) is 0 Å². The average molecular weight is 365 g/mol. The molecule has 0 radical (unpaired) electrons. The first-order chi connectivity index (χ1) is 10.4. The lowest BCUT2D eigenvalue weighted by atomic mass is 10.1. The first kappa shape index (κ1) is 14.8. The lowest BCUT2D eigenvalue weighted by molar-refractivity contribution is 0.100. The largest absolute Gasteiger partial charge is 0.351 e. The minimum absolute atomic E-state index is 0.0191. The molecule has 1 aromatic carbocycles. The van der Waals surface area contributed by atoms with Gasteiger partial charge in [-0.05, 0) is 41.1 Å². The van der Waals surface area contributed by atoms with Crippen molar-refractivity contribution in [3.63, 3.8) is 0 Å². The lowest BCUT2D eigenvalue weighted by Crippen LogP contribution is -2.07. The molecule has 0 spiro atoms. The van der Waals surface area contributed by atoms with E-state index in [0.29, 0.717) is 5.56 Å². The van der Waals surface area contributed by atoms with Gasteiger partial charge in [0.2, 0.25) is 5.95 Å². The Bertz CT molecular complexity index is 918. The number of aryl methyl sites for hydroxylation is 1. The van der Waals surface area contributed by atoms with Crippen LogP contribution < -0.4 is 0 Å². The molecule has 0 bridgehead atoms. The number of halogens is 3. The molecule has 0 saturated heterocycles. The van der Waals surface area contributed by atoms with Crippen LogP contribution in [-0.4, -0.2) is 15.3 Å². The van der Waals surface area contributed by atoms with Crippen LogP contribution in [0.4, 0.5) is 8.78 Å². The molecular formula is C16H11BrF2N2O. The quantitative estimate of drug-likeness (QED) is 0.496. The van der Waals surface area contributed by atoms with Gasteiger partial charge in [-0.25, -0.2) is 9.37 Å². The van der Waals surface area contributed by atoms with Crippen molar-refractivity contribution in [2.75, 3.05) is 0 Å². The summed E-state index contributed by atoms with van der Waals surface area (Å²) in [7, 11) is 1.91. The number of ketones is 1. The van der Waals surface area contributed by atoms with E-state index < -0.39 is 23.1 Å². The van der Waals surface area contributed by atoms with E-state index in [0.717, 1.165) is 17.8 Å². The molecule has 0 aliphatic heterocycles. The molecule has 0 fully saturated rings. The third-order valence-corrected chi connectivity index (χ3v) is 4.27. The summed E-state index contributed by atoms with van der Waals surface area (Å²) in [5, 5.41) is 0.935. The second-order valence-corrected chi connectivity index (χ2v) is 5.80. The molecule has 2 aromatic heterocycles. The highest BCUT2D eigenvalue weighted by Crippen LogP contribution is 2.33. The van der Waals surface area contributed by atoms with Gasteiger partial charge in [0.05, 0.1) is 10.2 Å². The molecule has 0 unspecified atom stereocenters. The van der Waals surface area contributed by atoms with E-state index in [1.165, 1.54) is 0 Å². The van der Waals surface area contributed by atoms with Crippen molar-refractivity contribution in [1.29, 1.82) is 0 Å². The van der Waals surface area contributed by atoms with Gasteiger partial charge < -0.3 is 4.57 Å². The summed E-state index contributed by atoms with van der Waals surface area (Å²) in [5.74, 6) is -2.73. The molecule has 6 heteroatoms. The van der Waals surface area contributed by atoms with Crippen LogP contribution in [0.5, 0.6) is 0 Å². The molecular weight excluding hydrogens is 354 g/mol. The fraction of sp³-hybridized carbons (Fsp3) is 0.125. The van der Waals surface area contributed by atoms with Crippen molar-refractivity contribution in [2.24, 2.45) is 7.05 Å². The SMILES string of the molecule is CC(=O)c1c(F)nc(-c2ccc3c(ccn3C)c2)c(Br)c1F. The van der Waals surface area contributed by atoms with Crippen LogP contribution in [0, 0.1) is 11.8 Å². The predicted molar refractivity (Wildman–Crippen MR) is 83.8 cm³/mol. The zero-order valence-electron chi connectivity index (χ0n) is 11.8. The maximum atomic E-state index is 14.2. The molecule has 3 nitrogen and oxygen atoms in total. The van der Waals surface area contributed by atoms with E-state index in [1.54, 1.807) is 12.1 Å². The fourth-order valence-electron chi connectivity index (χ4n) is 2.43. The van der Waals surface area contributed by atoms with Gasteiger partial charge in [-0.2, -0.15) is 4.39 Å². The van der Waals surface area contributed by atoms with Gasteiger partial charge in [-0.1, -0.05) is 6.07 Å². The summed E-state index contributed by atoms with van der Waals surface area (Å²) in [6.45, 7) is 1.10. The summed E-state index contributed by atoms with van der Waals surface area (Å²) in [4.78, 5) is 15.1. The van der Waals surface area contributed by atoms with Crippen molar-refractivity contribution >= 4 is 32.6 Å². The second kappa shape index (κ2) is 5.28. The Morgan fingerprint density at radius 2 is 2.00 bits per heavy atom. The Morgan fingerprint density at radius 3 is 2.68 bits per heavy atom. The summed E-state index contributed by atoms with van der Waals surface area (Å²) < 4.78 is 30.1. The van der Waals surface area contributed by atoms with E-state index in [2.05, 4.69) is 20.9 Å². The topological polar surface area (TPSA) is 34.9 Å². The van der Waals surface area contributed by atoms with Crippen LogP contribution in [-0.2, 0) is 7.05 Å². The van der Waals surface area contributed by atoms with Gasteiger partial charge >= 0.3 is 0 Å². The van der Waals surface area contributed by atoms with Crippen LogP contribution >= 0.6 is 15.9 Å². The van der Waals surface area contributed by atoms with E-state index in [-0.39, 0.29) is 10.2 Å². The highest BCUT2D eigenvalue weighted by atomic mass is 79.9. The number of carbonyl (C=O) groups is 1. The molecule has 0 N–H and O–H groups in total. The predicted octanol–water partition coefficient (Wildman–Crippen LogP) is 4.48. The van der Waals surface area contributed by atoms with E-state index in [9.17, 15) is 13.6 Å². The number of nitrogens with zero attached hydrogens (tertiary/aromatic N) is 2. The van der Waals surface area contributed by atoms with Crippen molar-refractivity contribution in [3.8, 4) is 11.3 Å². The molecule has 3 aromatic rings. The number of carbonyl (C=O) groups excluding carboxylic acids is 1. The zero-order valence-corrected chi connectivity index (χ0v) is 13.4. The van der Waals surface area contributed by atoms with Crippen molar-refractivity contribution < 1.29 is 13.6 Å². The van der Waals surface area contributed by atoms with Crippen LogP contribution in [0.15, 0.2) is 34.9 Å². The minimum atomic E-state index is -1.10. The standard InChI is InChI=1S/C16H11BrF2N2O/c1-8(22)12-14(18)13(17)15(20-16(12)19)10-3-4-11-9(7-10)5-6-21(11)2/h3-7H,1-2H3. The van der Waals surface area contributed by atoms with Gasteiger partial charge in [0.15, 0.2) is 11.6 Å². The first-order valence-electron chi connectivity index (χ1n) is 6.51. The molecule has 0 aliphatic carbocycles. The number of benzene rings is 1. The van der Waals surface area contributed by atoms with E-state index in [4.69, 9.17) is 0 Å². The van der Waals surface area contributed by atoms with E-state index >= 15 is 0 Å². The Morgan fingerprint density at radius 1 is 1.27 bits per heavy atom. The van der Waals surface area contributed by atoms with Crippen molar-refractivity contribution in [2.45, 2.75) is 6.92 Å². The highest BCUT2D eigenvalue weighted by molar-refractivity contribution is 9.10. The normalized spacial score (nSPS) is 11.1. The molecule has 2 heterocycles. The molecule has 0 aliphatic rings. The summed E-state index contributed by atoms with van der Waals surface area (Å²) >= 11 is 3.08. The summed E-state index contributed by atoms with van der Waals surface area (Å²) in [6.07, 6.45) is 1.90. The van der Waals surface area contributed by atoms with Gasteiger partial charge in [0.1, 0.15) is 5.56 Å². The molecule has 3 rings (SSSR count). The van der Waals surface area contributed by atoms with Gasteiger partial charge in [0.25, 0.3) is 0 Å². The Balaban J connectivity index is 2.24. The monoisotopic (exact) mass is 364 g/mol. The smallest absolute Gasteiger partial charge is 0.227 e. The lowest BCUT2D eigenvalue weighted by Gasteiger charge is -2.09. The number of fused-ring (bicyclic) bond motifs is 1. The van der Waals surface area contributed by atoms with Crippen LogP contribution in [0.1, 0.15) is 17.3 Å². The minimum Gasteiger partial charge on any atom is -0.351 e. The third kappa shape index (κ3) is 2.23. The Hall–Kier alpha value is -2.08. The molecule has 112 valence electrons. The molecule has 22 heavy (non-hydrogen) atoms. The summed E-state index contributed by atoms with van der Waals surface area (Å²) in [5.41, 5.74) is 1.07. The Labute approximate surface area is 133 Å². The first-order valence-corrected chi connectivity index (χ1v) is 7.30. The number of Topliss-reactive ketones (excluding diaryl/α,β-unsaturated/α-hetero) is 1. The molecule has 0 atom stereocenters. The number of pyridine rings is 1. The maximum Gasteiger partial charge on any atom is 0.227 e. The third-order valence-electron chi connectivity index (χ3n) is 3.55.